The van der Waals surface area contributed by atoms with E-state index in [0.717, 1.165) is 0 Å². The van der Waals surface area contributed by atoms with Crippen LogP contribution in [0.25, 0.3) is 0 Å². The zero-order chi connectivity index (χ0) is 19.6. The van der Waals surface area contributed by atoms with Gasteiger partial charge in [-0.05, 0) is 62.1 Å². The summed E-state index contributed by atoms with van der Waals surface area (Å²) >= 11 is 0. The quantitative estimate of drug-likeness (QED) is 0.641. The van der Waals surface area contributed by atoms with Crippen molar-refractivity contribution in [1.82, 2.24) is 9.62 Å². The van der Waals surface area contributed by atoms with Crippen LogP contribution in [0.4, 0.5) is 5.69 Å². The fraction of sp³-hybridized carbons (Fsp3) is 0.650. The van der Waals surface area contributed by atoms with Crippen molar-refractivity contribution in [2.24, 2.45) is 11.8 Å². The van der Waals surface area contributed by atoms with Gasteiger partial charge in [-0.3, -0.25) is 4.79 Å². The van der Waals surface area contributed by atoms with Crippen molar-refractivity contribution in [2.45, 2.75) is 57.4 Å². The average Bonchev–Trinajstić information content (AvgIpc) is 3.53. The van der Waals surface area contributed by atoms with Crippen molar-refractivity contribution in [3.05, 3.63) is 23.8 Å². The summed E-state index contributed by atoms with van der Waals surface area (Å²) in [6.07, 6.45) is 4.89. The van der Waals surface area contributed by atoms with Crippen LogP contribution in [0.15, 0.2) is 23.1 Å². The second kappa shape index (κ2) is 8.19. The smallest absolute Gasteiger partial charge is 0.243 e. The molecule has 0 aromatic heterocycles. The van der Waals surface area contributed by atoms with E-state index in [2.05, 4.69) is 10.6 Å². The molecule has 2 fully saturated rings. The molecule has 27 heavy (non-hydrogen) atoms. The van der Waals surface area contributed by atoms with E-state index >= 15 is 0 Å². The minimum Gasteiger partial charge on any atom is -0.376 e. The topological polar surface area (TPSA) is 78.5 Å². The molecule has 2 N–H and O–H groups in total. The van der Waals surface area contributed by atoms with Crippen LogP contribution in [0.3, 0.4) is 0 Å². The van der Waals surface area contributed by atoms with Crippen molar-refractivity contribution < 1.29 is 13.2 Å². The van der Waals surface area contributed by atoms with Crippen LogP contribution in [0.5, 0.6) is 0 Å². The Morgan fingerprint density at radius 2 is 1.74 bits per heavy atom. The van der Waals surface area contributed by atoms with Crippen LogP contribution >= 0.6 is 0 Å². The van der Waals surface area contributed by atoms with E-state index in [0.29, 0.717) is 47.1 Å². The first kappa shape index (κ1) is 20.1. The first-order valence-electron chi connectivity index (χ1n) is 10.0. The van der Waals surface area contributed by atoms with Gasteiger partial charge in [0.15, 0.2) is 0 Å². The third kappa shape index (κ3) is 4.82. The number of hydrogen-bond donors (Lipinski definition) is 2. The van der Waals surface area contributed by atoms with Crippen LogP contribution in [0.2, 0.25) is 0 Å². The highest BCUT2D eigenvalue weighted by Gasteiger charge is 2.42. The molecule has 0 saturated heterocycles. The molecule has 7 heteroatoms. The third-order valence-electron chi connectivity index (χ3n) is 5.55. The molecule has 3 rings (SSSR count). The minimum absolute atomic E-state index is 0.0208. The van der Waals surface area contributed by atoms with Crippen LogP contribution in [-0.2, 0) is 14.8 Å². The van der Waals surface area contributed by atoms with Gasteiger partial charge in [-0.2, -0.15) is 4.31 Å². The number of aryl methyl sites for hydroxylation is 1. The normalized spacial score (nSPS) is 17.4. The molecule has 2 aliphatic carbocycles. The Morgan fingerprint density at radius 3 is 2.26 bits per heavy atom. The molecule has 0 heterocycles. The molecular weight excluding hydrogens is 362 g/mol. The van der Waals surface area contributed by atoms with Gasteiger partial charge < -0.3 is 10.6 Å². The van der Waals surface area contributed by atoms with Gasteiger partial charge in [0.05, 0.1) is 11.4 Å². The van der Waals surface area contributed by atoms with Gasteiger partial charge in [0.2, 0.25) is 15.9 Å². The number of nitrogens with one attached hydrogen (secondary N) is 2. The summed E-state index contributed by atoms with van der Waals surface area (Å²) < 4.78 is 27.1. The maximum absolute atomic E-state index is 12.8. The molecule has 0 unspecified atom stereocenters. The Hall–Kier alpha value is -1.60. The lowest BCUT2D eigenvalue weighted by Crippen LogP contribution is -2.41. The molecule has 0 bridgehead atoms. The van der Waals surface area contributed by atoms with Gasteiger partial charge in [0, 0.05) is 24.8 Å². The predicted octanol–water partition coefficient (Wildman–Crippen LogP) is 2.74. The van der Waals surface area contributed by atoms with Crippen LogP contribution < -0.4 is 10.6 Å². The van der Waals surface area contributed by atoms with E-state index in [9.17, 15) is 13.2 Å². The lowest BCUT2D eigenvalue weighted by atomic mass is 10.1. The summed E-state index contributed by atoms with van der Waals surface area (Å²) in [5.74, 6) is 1.30. The van der Waals surface area contributed by atoms with E-state index in [1.807, 2.05) is 19.9 Å². The third-order valence-corrected chi connectivity index (χ3v) is 7.74. The Kier molecular flexibility index (Phi) is 6.11. The molecule has 0 aliphatic heterocycles. The Morgan fingerprint density at radius 1 is 1.15 bits per heavy atom. The molecule has 1 aromatic rings. The fourth-order valence-corrected chi connectivity index (χ4v) is 5.35. The highest BCUT2D eigenvalue weighted by Crippen LogP contribution is 2.44. The number of nitrogens with zero attached hydrogens (tertiary/aromatic N) is 1. The fourth-order valence-electron chi connectivity index (χ4n) is 3.64. The number of sulfonamides is 1. The standard InChI is InChI=1S/C20H31N3O3S/c1-4-23(5-2)27(25,26)18-12-17(11-6-14(18)3)21-13-19(24)22-20(15-7-8-15)16-9-10-16/h6,11-12,15-16,20-21H,4-5,7-10,13H2,1-3H3,(H,22,24). The zero-order valence-corrected chi connectivity index (χ0v) is 17.3. The summed E-state index contributed by atoms with van der Waals surface area (Å²) in [6, 6.07) is 5.57. The molecule has 0 atom stereocenters. The lowest BCUT2D eigenvalue weighted by molar-refractivity contribution is -0.120. The molecule has 0 radical (unpaired) electrons. The van der Waals surface area contributed by atoms with Crippen LogP contribution in [-0.4, -0.2) is 44.3 Å². The molecule has 0 spiro atoms. The number of carbonyl (C=O) groups excluding carboxylic acids is 1. The van der Waals surface area contributed by atoms with E-state index < -0.39 is 10.0 Å². The van der Waals surface area contributed by atoms with Crippen molar-refractivity contribution in [2.75, 3.05) is 25.0 Å². The zero-order valence-electron chi connectivity index (χ0n) is 16.5. The SMILES string of the molecule is CCN(CC)S(=O)(=O)c1cc(NCC(=O)NC(C2CC2)C2CC2)ccc1C. The van der Waals surface area contributed by atoms with Crippen LogP contribution in [0, 0.1) is 18.8 Å². The molecule has 150 valence electrons. The predicted molar refractivity (Wildman–Crippen MR) is 107 cm³/mol. The second-order valence-corrected chi connectivity index (χ2v) is 9.60. The monoisotopic (exact) mass is 393 g/mol. The number of rotatable bonds is 10. The van der Waals surface area contributed by atoms with E-state index in [4.69, 9.17) is 0 Å². The highest BCUT2D eigenvalue weighted by molar-refractivity contribution is 7.89. The van der Waals surface area contributed by atoms with E-state index in [1.54, 1.807) is 19.1 Å². The number of amides is 1. The summed E-state index contributed by atoms with van der Waals surface area (Å²) in [5, 5.41) is 6.26. The number of anilines is 1. The maximum atomic E-state index is 12.8. The van der Waals surface area contributed by atoms with Crippen LogP contribution in [0.1, 0.15) is 45.1 Å². The van der Waals surface area contributed by atoms with Crippen molar-refractivity contribution in [1.29, 1.82) is 0 Å². The average molecular weight is 394 g/mol. The summed E-state index contributed by atoms with van der Waals surface area (Å²) in [5.41, 5.74) is 1.36. The first-order valence-corrected chi connectivity index (χ1v) is 11.4. The lowest BCUT2D eigenvalue weighted by Gasteiger charge is -2.21. The molecule has 1 aromatic carbocycles. The van der Waals surface area contributed by atoms with Crippen molar-refractivity contribution >= 4 is 21.6 Å². The highest BCUT2D eigenvalue weighted by atomic mass is 32.2. The molecule has 2 saturated carbocycles. The van der Waals surface area contributed by atoms with Crippen molar-refractivity contribution in [3.63, 3.8) is 0 Å². The molecular formula is C20H31N3O3S. The Labute approximate surface area is 162 Å². The summed E-state index contributed by atoms with van der Waals surface area (Å²) in [7, 11) is -3.53. The van der Waals surface area contributed by atoms with Gasteiger partial charge in [-0.25, -0.2) is 8.42 Å². The molecule has 6 nitrogen and oxygen atoms in total. The largest absolute Gasteiger partial charge is 0.376 e. The number of hydrogen-bond acceptors (Lipinski definition) is 4. The maximum Gasteiger partial charge on any atom is 0.243 e. The molecule has 2 aliphatic rings. The number of benzene rings is 1. The Balaban J connectivity index is 1.64. The van der Waals surface area contributed by atoms with E-state index in [1.165, 1.54) is 30.0 Å². The van der Waals surface area contributed by atoms with Gasteiger partial charge >= 0.3 is 0 Å². The summed E-state index contributed by atoms with van der Waals surface area (Å²) in [6.45, 7) is 6.48. The summed E-state index contributed by atoms with van der Waals surface area (Å²) in [4.78, 5) is 12.6. The number of carbonyl (C=O) groups is 1. The second-order valence-electron chi connectivity index (χ2n) is 7.69. The van der Waals surface area contributed by atoms with Gasteiger partial charge in [-0.1, -0.05) is 19.9 Å². The van der Waals surface area contributed by atoms with Gasteiger partial charge in [0.25, 0.3) is 0 Å². The molecule has 1 amide bonds. The van der Waals surface area contributed by atoms with Gasteiger partial charge in [0.1, 0.15) is 0 Å². The van der Waals surface area contributed by atoms with Gasteiger partial charge in [-0.15, -0.1) is 0 Å². The van der Waals surface area contributed by atoms with E-state index in [-0.39, 0.29) is 12.5 Å². The minimum atomic E-state index is -3.53. The van der Waals surface area contributed by atoms with Crippen molar-refractivity contribution in [3.8, 4) is 0 Å². The Bertz CT molecular complexity index is 770. The first-order chi connectivity index (χ1) is 12.9.